The Hall–Kier alpha value is -0.730. The van der Waals surface area contributed by atoms with Crippen LogP contribution in [0, 0.1) is 0 Å². The Morgan fingerprint density at radius 2 is 1.84 bits per heavy atom. The molecule has 1 N–H and O–H groups in total. The minimum absolute atomic E-state index is 0.179. The second-order valence-corrected chi connectivity index (χ2v) is 7.03. The van der Waals surface area contributed by atoms with Crippen LogP contribution in [0.15, 0.2) is 24.3 Å². The van der Waals surface area contributed by atoms with Crippen molar-refractivity contribution in [2.75, 3.05) is 11.4 Å². The van der Waals surface area contributed by atoms with Gasteiger partial charge >= 0.3 is 0 Å². The van der Waals surface area contributed by atoms with E-state index in [1.54, 1.807) is 0 Å². The zero-order valence-electron chi connectivity index (χ0n) is 11.8. The Balaban J connectivity index is 1.90. The molecule has 1 aromatic carbocycles. The molecule has 1 aromatic rings. The van der Waals surface area contributed by atoms with Crippen LogP contribution in [-0.4, -0.2) is 24.2 Å². The molecule has 3 rings (SSSR count). The summed E-state index contributed by atoms with van der Waals surface area (Å²) in [6.07, 6.45) is 5.32. The van der Waals surface area contributed by atoms with Gasteiger partial charge in [-0.3, -0.25) is 0 Å². The van der Waals surface area contributed by atoms with E-state index in [1.165, 1.54) is 31.4 Å². The van der Waals surface area contributed by atoms with Gasteiger partial charge in [-0.2, -0.15) is 0 Å². The van der Waals surface area contributed by atoms with Crippen LogP contribution in [0.2, 0.25) is 5.02 Å². The van der Waals surface area contributed by atoms with Crippen LogP contribution < -0.4 is 10.2 Å². The summed E-state index contributed by atoms with van der Waals surface area (Å²) in [4.78, 5) is 2.59. The lowest BCUT2D eigenvalue weighted by Crippen LogP contribution is -2.67. The third-order valence-electron chi connectivity index (χ3n) is 4.43. The van der Waals surface area contributed by atoms with Crippen molar-refractivity contribution in [3.63, 3.8) is 0 Å². The Morgan fingerprint density at radius 1 is 1.16 bits per heavy atom. The lowest BCUT2D eigenvalue weighted by atomic mass is 9.83. The molecule has 1 aliphatic carbocycles. The average molecular weight is 279 g/mol. The molecule has 2 atom stereocenters. The number of hydrogen-bond donors (Lipinski definition) is 1. The van der Waals surface area contributed by atoms with Crippen LogP contribution in [0.25, 0.3) is 0 Å². The van der Waals surface area contributed by atoms with Crippen LogP contribution in [0.4, 0.5) is 5.69 Å². The van der Waals surface area contributed by atoms with E-state index in [9.17, 15) is 0 Å². The van der Waals surface area contributed by atoms with Crippen LogP contribution in [0.1, 0.15) is 39.5 Å². The number of anilines is 1. The van der Waals surface area contributed by atoms with Gasteiger partial charge in [0.2, 0.25) is 0 Å². The van der Waals surface area contributed by atoms with Gasteiger partial charge in [0.25, 0.3) is 0 Å². The summed E-state index contributed by atoms with van der Waals surface area (Å²) in [5, 5.41) is 4.66. The molecule has 0 aromatic heterocycles. The third kappa shape index (κ3) is 2.75. The molecular formula is C16H23ClN2. The van der Waals surface area contributed by atoms with Gasteiger partial charge in [-0.15, -0.1) is 0 Å². The lowest BCUT2D eigenvalue weighted by Gasteiger charge is -2.52. The van der Waals surface area contributed by atoms with Crippen molar-refractivity contribution >= 4 is 17.3 Å². The van der Waals surface area contributed by atoms with E-state index in [1.807, 2.05) is 12.1 Å². The van der Waals surface area contributed by atoms with E-state index in [0.717, 1.165) is 11.6 Å². The summed E-state index contributed by atoms with van der Waals surface area (Å²) >= 11 is 6.01. The summed E-state index contributed by atoms with van der Waals surface area (Å²) in [7, 11) is 0. The van der Waals surface area contributed by atoms with E-state index in [4.69, 9.17) is 11.6 Å². The highest BCUT2D eigenvalue weighted by Gasteiger charge is 2.40. The molecule has 0 bridgehead atoms. The molecule has 2 aliphatic rings. The topological polar surface area (TPSA) is 15.3 Å². The summed E-state index contributed by atoms with van der Waals surface area (Å²) < 4.78 is 0. The Bertz CT molecular complexity index is 441. The van der Waals surface area contributed by atoms with Gasteiger partial charge in [-0.25, -0.2) is 0 Å². The maximum Gasteiger partial charge on any atom is 0.0444 e. The van der Waals surface area contributed by atoms with Crippen molar-refractivity contribution in [2.24, 2.45) is 0 Å². The third-order valence-corrected chi connectivity index (χ3v) is 4.68. The maximum atomic E-state index is 6.01. The molecule has 19 heavy (non-hydrogen) atoms. The zero-order valence-corrected chi connectivity index (χ0v) is 12.6. The zero-order chi connectivity index (χ0) is 13.5. The monoisotopic (exact) mass is 278 g/mol. The number of halogens is 1. The first-order chi connectivity index (χ1) is 9.05. The lowest BCUT2D eigenvalue weighted by molar-refractivity contribution is 0.199. The van der Waals surface area contributed by atoms with E-state index in [0.29, 0.717) is 12.1 Å². The second kappa shape index (κ2) is 4.99. The number of piperazine rings is 1. The molecule has 2 nitrogen and oxygen atoms in total. The van der Waals surface area contributed by atoms with Crippen molar-refractivity contribution in [3.05, 3.63) is 29.3 Å². The van der Waals surface area contributed by atoms with Crippen molar-refractivity contribution in [3.8, 4) is 0 Å². The van der Waals surface area contributed by atoms with Gasteiger partial charge in [0, 0.05) is 34.9 Å². The van der Waals surface area contributed by atoms with Crippen molar-refractivity contribution < 1.29 is 0 Å². The summed E-state index contributed by atoms with van der Waals surface area (Å²) in [5.74, 6) is 0. The maximum absolute atomic E-state index is 6.01. The number of rotatable bonds is 1. The normalized spacial score (nSPS) is 29.9. The summed E-state index contributed by atoms with van der Waals surface area (Å²) in [6.45, 7) is 5.68. The molecule has 1 saturated carbocycles. The first-order valence-corrected chi connectivity index (χ1v) is 7.73. The molecule has 2 fully saturated rings. The first kappa shape index (κ1) is 13.3. The molecule has 3 heteroatoms. The highest BCUT2D eigenvalue weighted by Crippen LogP contribution is 2.33. The minimum Gasteiger partial charge on any atom is -0.365 e. The standard InChI is InChI=1S/C16H23ClN2/c1-16(2)11-19(13-9-7-12(17)8-10-13)15-6-4-3-5-14(15)18-16/h7-10,14-15,18H,3-6,11H2,1-2H3. The highest BCUT2D eigenvalue weighted by atomic mass is 35.5. The fourth-order valence-corrected chi connectivity index (χ4v) is 3.78. The smallest absolute Gasteiger partial charge is 0.0444 e. The molecule has 0 spiro atoms. The molecule has 0 amide bonds. The number of nitrogens with zero attached hydrogens (tertiary/aromatic N) is 1. The number of nitrogens with one attached hydrogen (secondary N) is 1. The molecule has 1 saturated heterocycles. The van der Waals surface area contributed by atoms with Gasteiger partial charge in [0.05, 0.1) is 0 Å². The second-order valence-electron chi connectivity index (χ2n) is 6.59. The first-order valence-electron chi connectivity index (χ1n) is 7.35. The van der Waals surface area contributed by atoms with Gasteiger partial charge in [0.15, 0.2) is 0 Å². The predicted octanol–water partition coefficient (Wildman–Crippen LogP) is 3.84. The fourth-order valence-electron chi connectivity index (χ4n) is 3.66. The predicted molar refractivity (Wildman–Crippen MR) is 82.1 cm³/mol. The van der Waals surface area contributed by atoms with E-state index in [2.05, 4.69) is 36.2 Å². The Kier molecular flexibility index (Phi) is 3.48. The number of benzene rings is 1. The average Bonchev–Trinajstić information content (AvgIpc) is 2.37. The van der Waals surface area contributed by atoms with Crippen LogP contribution in [0.3, 0.4) is 0 Å². The minimum atomic E-state index is 0.179. The molecule has 104 valence electrons. The summed E-state index contributed by atoms with van der Waals surface area (Å²) in [6, 6.07) is 9.61. The molecular weight excluding hydrogens is 256 g/mol. The number of fused-ring (bicyclic) bond motifs is 1. The SMILES string of the molecule is CC1(C)CN(c2ccc(Cl)cc2)C2CCCCC2N1. The fraction of sp³-hybridized carbons (Fsp3) is 0.625. The van der Waals surface area contributed by atoms with Gasteiger partial charge in [0.1, 0.15) is 0 Å². The largest absolute Gasteiger partial charge is 0.365 e. The molecule has 1 heterocycles. The van der Waals surface area contributed by atoms with Crippen molar-refractivity contribution in [2.45, 2.75) is 57.2 Å². The Morgan fingerprint density at radius 3 is 2.58 bits per heavy atom. The molecule has 1 aliphatic heterocycles. The van der Waals surface area contributed by atoms with Crippen LogP contribution in [-0.2, 0) is 0 Å². The van der Waals surface area contributed by atoms with E-state index < -0.39 is 0 Å². The van der Waals surface area contributed by atoms with Crippen LogP contribution in [0.5, 0.6) is 0 Å². The van der Waals surface area contributed by atoms with Crippen molar-refractivity contribution in [1.29, 1.82) is 0 Å². The molecule has 0 radical (unpaired) electrons. The van der Waals surface area contributed by atoms with E-state index in [-0.39, 0.29) is 5.54 Å². The van der Waals surface area contributed by atoms with E-state index >= 15 is 0 Å². The van der Waals surface area contributed by atoms with Gasteiger partial charge in [-0.05, 0) is 51.0 Å². The molecule has 2 unspecified atom stereocenters. The number of hydrogen-bond acceptors (Lipinski definition) is 2. The highest BCUT2D eigenvalue weighted by molar-refractivity contribution is 6.30. The quantitative estimate of drug-likeness (QED) is 0.840. The van der Waals surface area contributed by atoms with Gasteiger partial charge in [-0.1, -0.05) is 24.4 Å². The van der Waals surface area contributed by atoms with Crippen molar-refractivity contribution in [1.82, 2.24) is 5.32 Å². The van der Waals surface area contributed by atoms with Gasteiger partial charge < -0.3 is 10.2 Å². The van der Waals surface area contributed by atoms with Crippen LogP contribution >= 0.6 is 11.6 Å². The summed E-state index contributed by atoms with van der Waals surface area (Å²) in [5.41, 5.74) is 1.49. The Labute approximate surface area is 121 Å².